The maximum atomic E-state index is 11.9. The van der Waals surface area contributed by atoms with Gasteiger partial charge < -0.3 is 4.90 Å². The van der Waals surface area contributed by atoms with Gasteiger partial charge in [0, 0.05) is 24.7 Å². The zero-order valence-electron chi connectivity index (χ0n) is 8.39. The minimum absolute atomic E-state index is 0.0673. The number of thioether (sulfide) groups is 1. The van der Waals surface area contributed by atoms with E-state index in [1.54, 1.807) is 0 Å². The topological polar surface area (TPSA) is 3.24 Å². The molecule has 0 saturated carbocycles. The molecule has 0 N–H and O–H groups in total. The first kappa shape index (κ1) is 13.5. The van der Waals surface area contributed by atoms with Gasteiger partial charge in [0.05, 0.1) is 0 Å². The number of nitrogens with zero attached hydrogens (tertiary/aromatic N) is 1. The molecule has 1 aliphatic rings. The maximum Gasteiger partial charge on any atom is 0.441 e. The van der Waals surface area contributed by atoms with E-state index in [0.29, 0.717) is 18.3 Å². The second-order valence-electron chi connectivity index (χ2n) is 3.73. The molecule has 1 rings (SSSR count). The van der Waals surface area contributed by atoms with E-state index in [1.807, 2.05) is 0 Å². The molecule has 6 heteroatoms. The lowest BCUT2D eigenvalue weighted by Gasteiger charge is -2.15. The molecule has 1 fully saturated rings. The molecule has 1 nitrogen and oxygen atoms in total. The van der Waals surface area contributed by atoms with Crippen LogP contribution in [0.3, 0.4) is 0 Å². The first-order valence-corrected chi connectivity index (χ1v) is 6.52. The molecule has 1 aliphatic heterocycles. The van der Waals surface area contributed by atoms with Crippen LogP contribution in [-0.4, -0.2) is 41.7 Å². The summed E-state index contributed by atoms with van der Waals surface area (Å²) in [7, 11) is 0. The Morgan fingerprint density at radius 1 is 1.40 bits per heavy atom. The van der Waals surface area contributed by atoms with E-state index < -0.39 is 5.51 Å². The van der Waals surface area contributed by atoms with Gasteiger partial charge in [-0.05, 0) is 37.1 Å². The van der Waals surface area contributed by atoms with E-state index in [0.717, 1.165) is 25.9 Å². The quantitative estimate of drug-likeness (QED) is 0.700. The lowest BCUT2D eigenvalue weighted by molar-refractivity contribution is -0.0328. The Bertz CT molecular complexity index is 189. The normalized spacial score (nSPS) is 23.6. The van der Waals surface area contributed by atoms with Gasteiger partial charge in [-0.1, -0.05) is 0 Å². The van der Waals surface area contributed by atoms with Crippen molar-refractivity contribution in [2.45, 2.75) is 18.3 Å². The van der Waals surface area contributed by atoms with Crippen molar-refractivity contribution in [1.29, 1.82) is 0 Å². The number of hydrogen-bond donors (Lipinski definition) is 0. The highest BCUT2D eigenvalue weighted by molar-refractivity contribution is 8.00. The third kappa shape index (κ3) is 5.88. The van der Waals surface area contributed by atoms with Gasteiger partial charge >= 0.3 is 5.51 Å². The molecule has 0 amide bonds. The second-order valence-corrected chi connectivity index (χ2v) is 5.26. The molecule has 0 aromatic rings. The number of hydrogen-bond acceptors (Lipinski definition) is 2. The molecule has 0 aliphatic carbocycles. The van der Waals surface area contributed by atoms with Crippen LogP contribution in [0.1, 0.15) is 12.8 Å². The summed E-state index contributed by atoms with van der Waals surface area (Å²) in [5.74, 6) is 1.37. The van der Waals surface area contributed by atoms with Crippen molar-refractivity contribution >= 4 is 23.4 Å². The molecule has 0 spiro atoms. The van der Waals surface area contributed by atoms with Crippen LogP contribution < -0.4 is 0 Å². The highest BCUT2D eigenvalue weighted by Crippen LogP contribution is 2.30. The number of halogens is 4. The number of likely N-dealkylation sites (tertiary alicyclic amines) is 1. The van der Waals surface area contributed by atoms with Gasteiger partial charge in [-0.25, -0.2) is 0 Å². The van der Waals surface area contributed by atoms with E-state index in [9.17, 15) is 13.2 Å². The smallest absolute Gasteiger partial charge is 0.302 e. The van der Waals surface area contributed by atoms with Crippen LogP contribution in [0.5, 0.6) is 0 Å². The number of alkyl halides is 4. The average molecular weight is 262 g/mol. The largest absolute Gasteiger partial charge is 0.441 e. The molecular weight excluding hydrogens is 247 g/mol. The zero-order chi connectivity index (χ0) is 11.3. The van der Waals surface area contributed by atoms with Gasteiger partial charge in [-0.2, -0.15) is 13.2 Å². The first-order valence-electron chi connectivity index (χ1n) is 5.00. The van der Waals surface area contributed by atoms with Crippen LogP contribution in [0.4, 0.5) is 13.2 Å². The molecule has 0 bridgehead atoms. The molecule has 0 aromatic heterocycles. The van der Waals surface area contributed by atoms with Crippen molar-refractivity contribution < 1.29 is 13.2 Å². The molecule has 0 radical (unpaired) electrons. The van der Waals surface area contributed by atoms with E-state index in [4.69, 9.17) is 11.6 Å². The van der Waals surface area contributed by atoms with Crippen LogP contribution in [-0.2, 0) is 0 Å². The Morgan fingerprint density at radius 3 is 2.73 bits per heavy atom. The zero-order valence-corrected chi connectivity index (χ0v) is 9.97. The van der Waals surface area contributed by atoms with Gasteiger partial charge in [0.25, 0.3) is 0 Å². The standard InChI is InChI=1S/C9H15ClF3NS/c10-3-1-8-2-4-14(7-8)5-6-15-9(11,12)13/h8H,1-7H2. The van der Waals surface area contributed by atoms with Gasteiger partial charge in [0.2, 0.25) is 0 Å². The van der Waals surface area contributed by atoms with Crippen LogP contribution in [0.25, 0.3) is 0 Å². The van der Waals surface area contributed by atoms with Crippen molar-refractivity contribution in [1.82, 2.24) is 4.90 Å². The van der Waals surface area contributed by atoms with Crippen molar-refractivity contribution in [2.24, 2.45) is 5.92 Å². The Kier molecular flexibility index (Phi) is 5.57. The Morgan fingerprint density at radius 2 is 2.13 bits per heavy atom. The molecule has 0 aromatic carbocycles. The third-order valence-electron chi connectivity index (χ3n) is 2.56. The minimum atomic E-state index is -4.09. The average Bonchev–Trinajstić information content (AvgIpc) is 2.51. The summed E-state index contributed by atoms with van der Waals surface area (Å²) in [5, 5.41) is 0. The van der Waals surface area contributed by atoms with E-state index in [-0.39, 0.29) is 17.5 Å². The van der Waals surface area contributed by atoms with Crippen molar-refractivity contribution in [2.75, 3.05) is 31.3 Å². The summed E-state index contributed by atoms with van der Waals surface area (Å²) in [4.78, 5) is 2.09. The molecule has 1 saturated heterocycles. The fourth-order valence-corrected chi connectivity index (χ4v) is 2.69. The number of rotatable bonds is 5. The summed E-state index contributed by atoms with van der Waals surface area (Å²) in [6.45, 7) is 2.36. The Labute approximate surface area is 97.3 Å². The SMILES string of the molecule is FC(F)(F)SCCN1CCC(CCCl)C1. The van der Waals surface area contributed by atoms with Crippen molar-refractivity contribution in [3.63, 3.8) is 0 Å². The van der Waals surface area contributed by atoms with E-state index in [2.05, 4.69) is 4.90 Å². The Hall–Kier alpha value is 0.390. The lowest BCUT2D eigenvalue weighted by Crippen LogP contribution is -2.24. The summed E-state index contributed by atoms with van der Waals surface area (Å²) in [6, 6.07) is 0. The lowest BCUT2D eigenvalue weighted by atomic mass is 10.1. The first-order chi connectivity index (χ1) is 7.01. The van der Waals surface area contributed by atoms with Crippen molar-refractivity contribution in [3.8, 4) is 0 Å². The van der Waals surface area contributed by atoms with Crippen LogP contribution >= 0.6 is 23.4 Å². The van der Waals surface area contributed by atoms with Crippen LogP contribution in [0.15, 0.2) is 0 Å². The van der Waals surface area contributed by atoms with Gasteiger partial charge in [0.15, 0.2) is 0 Å². The van der Waals surface area contributed by atoms with Crippen LogP contribution in [0, 0.1) is 5.92 Å². The maximum absolute atomic E-state index is 11.9. The molecule has 15 heavy (non-hydrogen) atoms. The summed E-state index contributed by atoms with van der Waals surface area (Å²) in [5.41, 5.74) is -4.09. The predicted molar refractivity (Wildman–Crippen MR) is 58.4 cm³/mol. The van der Waals surface area contributed by atoms with E-state index in [1.165, 1.54) is 0 Å². The van der Waals surface area contributed by atoms with Gasteiger partial charge in [0.1, 0.15) is 0 Å². The fraction of sp³-hybridized carbons (Fsp3) is 1.00. The monoisotopic (exact) mass is 261 g/mol. The molecule has 1 atom stereocenters. The molecule has 90 valence electrons. The second kappa shape index (κ2) is 6.21. The highest BCUT2D eigenvalue weighted by atomic mass is 35.5. The summed E-state index contributed by atoms with van der Waals surface area (Å²) in [6.07, 6.45) is 2.05. The fourth-order valence-electron chi connectivity index (χ4n) is 1.80. The molecule has 1 heterocycles. The summed E-state index contributed by atoms with van der Waals surface area (Å²) < 4.78 is 35.6. The van der Waals surface area contributed by atoms with Crippen molar-refractivity contribution in [3.05, 3.63) is 0 Å². The summed E-state index contributed by atoms with van der Waals surface area (Å²) >= 11 is 5.69. The molecular formula is C9H15ClF3NS. The minimum Gasteiger partial charge on any atom is -0.302 e. The highest BCUT2D eigenvalue weighted by Gasteiger charge is 2.29. The van der Waals surface area contributed by atoms with Gasteiger partial charge in [-0.15, -0.1) is 11.6 Å². The van der Waals surface area contributed by atoms with Crippen LogP contribution in [0.2, 0.25) is 0 Å². The Balaban J connectivity index is 2.09. The van der Waals surface area contributed by atoms with Gasteiger partial charge in [-0.3, -0.25) is 0 Å². The molecule has 1 unspecified atom stereocenters. The predicted octanol–water partition coefficient (Wildman–Crippen LogP) is 3.19. The van der Waals surface area contributed by atoms with E-state index >= 15 is 0 Å². The third-order valence-corrected chi connectivity index (χ3v) is 3.49.